The standard InChI is InChI=1S/C9H10O4/c10-7-3-1-2-6(4-7)5-8(11)9(12)13/h1-4,8,10-11H,5H2,(H,12,13)/t8-/m1/s1. The van der Waals surface area contributed by atoms with Gasteiger partial charge in [-0.25, -0.2) is 4.79 Å². The number of aromatic hydroxyl groups is 1. The predicted molar refractivity (Wildman–Crippen MR) is 45.5 cm³/mol. The number of aliphatic hydroxyl groups excluding tert-OH is 1. The van der Waals surface area contributed by atoms with Crippen LogP contribution >= 0.6 is 0 Å². The molecule has 0 aliphatic rings. The first-order chi connectivity index (χ1) is 6.09. The third-order valence-electron chi connectivity index (χ3n) is 1.62. The number of carboxylic acids is 1. The summed E-state index contributed by atoms with van der Waals surface area (Å²) in [5, 5.41) is 26.4. The molecule has 1 atom stereocenters. The summed E-state index contributed by atoms with van der Waals surface area (Å²) in [6.45, 7) is 0. The van der Waals surface area contributed by atoms with Crippen molar-refractivity contribution < 1.29 is 20.1 Å². The molecule has 1 rings (SSSR count). The Hall–Kier alpha value is -1.55. The lowest BCUT2D eigenvalue weighted by Crippen LogP contribution is -2.21. The van der Waals surface area contributed by atoms with Gasteiger partial charge in [-0.2, -0.15) is 0 Å². The van der Waals surface area contributed by atoms with Crippen molar-refractivity contribution in [3.8, 4) is 5.75 Å². The number of aliphatic hydroxyl groups is 1. The zero-order valence-electron chi connectivity index (χ0n) is 6.84. The highest BCUT2D eigenvalue weighted by Gasteiger charge is 2.13. The van der Waals surface area contributed by atoms with Crippen molar-refractivity contribution in [2.75, 3.05) is 0 Å². The fraction of sp³-hybridized carbons (Fsp3) is 0.222. The Morgan fingerprint density at radius 3 is 2.69 bits per heavy atom. The molecule has 4 heteroatoms. The second-order valence-corrected chi connectivity index (χ2v) is 2.73. The third kappa shape index (κ3) is 2.76. The summed E-state index contributed by atoms with van der Waals surface area (Å²) < 4.78 is 0. The van der Waals surface area contributed by atoms with E-state index >= 15 is 0 Å². The zero-order valence-corrected chi connectivity index (χ0v) is 6.84. The lowest BCUT2D eigenvalue weighted by atomic mass is 10.1. The van der Waals surface area contributed by atoms with Crippen molar-refractivity contribution >= 4 is 5.97 Å². The van der Waals surface area contributed by atoms with Gasteiger partial charge in [0.05, 0.1) is 0 Å². The Morgan fingerprint density at radius 1 is 1.46 bits per heavy atom. The van der Waals surface area contributed by atoms with Crippen LogP contribution in [-0.2, 0) is 11.2 Å². The molecule has 13 heavy (non-hydrogen) atoms. The van der Waals surface area contributed by atoms with Crippen LogP contribution in [0.5, 0.6) is 5.75 Å². The van der Waals surface area contributed by atoms with Gasteiger partial charge in [0.25, 0.3) is 0 Å². The van der Waals surface area contributed by atoms with Crippen molar-refractivity contribution in [1.82, 2.24) is 0 Å². The van der Waals surface area contributed by atoms with Crippen molar-refractivity contribution in [3.63, 3.8) is 0 Å². The van der Waals surface area contributed by atoms with Gasteiger partial charge in [-0.15, -0.1) is 0 Å². The van der Waals surface area contributed by atoms with E-state index in [9.17, 15) is 4.79 Å². The van der Waals surface area contributed by atoms with E-state index in [-0.39, 0.29) is 12.2 Å². The van der Waals surface area contributed by atoms with Crippen LogP contribution < -0.4 is 0 Å². The van der Waals surface area contributed by atoms with Gasteiger partial charge in [-0.05, 0) is 17.7 Å². The molecule has 1 aromatic carbocycles. The van der Waals surface area contributed by atoms with E-state index in [4.69, 9.17) is 15.3 Å². The van der Waals surface area contributed by atoms with E-state index in [0.717, 1.165) is 0 Å². The number of hydrogen-bond acceptors (Lipinski definition) is 3. The van der Waals surface area contributed by atoms with Gasteiger partial charge in [0.2, 0.25) is 0 Å². The summed E-state index contributed by atoms with van der Waals surface area (Å²) in [5.74, 6) is -1.20. The Balaban J connectivity index is 2.69. The molecule has 3 N–H and O–H groups in total. The monoisotopic (exact) mass is 182 g/mol. The summed E-state index contributed by atoms with van der Waals surface area (Å²) in [7, 11) is 0. The second kappa shape index (κ2) is 3.91. The summed E-state index contributed by atoms with van der Waals surface area (Å²) >= 11 is 0. The van der Waals surface area contributed by atoms with Crippen molar-refractivity contribution in [1.29, 1.82) is 0 Å². The SMILES string of the molecule is O=C(O)[C@H](O)Cc1cccc(O)c1. The summed E-state index contributed by atoms with van der Waals surface area (Å²) in [6.07, 6.45) is -1.41. The highest BCUT2D eigenvalue weighted by molar-refractivity contribution is 5.72. The smallest absolute Gasteiger partial charge is 0.332 e. The first-order valence-corrected chi connectivity index (χ1v) is 3.78. The molecule has 0 saturated carbocycles. The molecule has 0 aromatic heterocycles. The van der Waals surface area contributed by atoms with Gasteiger partial charge in [-0.3, -0.25) is 0 Å². The molecule has 0 heterocycles. The maximum atomic E-state index is 10.3. The molecule has 0 fully saturated rings. The molecule has 0 amide bonds. The van der Waals surface area contributed by atoms with Gasteiger partial charge in [-0.1, -0.05) is 12.1 Å². The van der Waals surface area contributed by atoms with E-state index in [2.05, 4.69) is 0 Å². The van der Waals surface area contributed by atoms with Crippen LogP contribution in [0.2, 0.25) is 0 Å². The lowest BCUT2D eigenvalue weighted by molar-refractivity contribution is -0.146. The average Bonchev–Trinajstić information content (AvgIpc) is 2.04. The quantitative estimate of drug-likeness (QED) is 0.631. The van der Waals surface area contributed by atoms with Gasteiger partial charge >= 0.3 is 5.97 Å². The second-order valence-electron chi connectivity index (χ2n) is 2.73. The molecule has 0 unspecified atom stereocenters. The van der Waals surface area contributed by atoms with Gasteiger partial charge in [0.15, 0.2) is 6.10 Å². The number of carboxylic acid groups (broad SMARTS) is 1. The van der Waals surface area contributed by atoms with Crippen LogP contribution in [0.1, 0.15) is 5.56 Å². The van der Waals surface area contributed by atoms with E-state index in [1.807, 2.05) is 0 Å². The number of aliphatic carboxylic acids is 1. The van der Waals surface area contributed by atoms with E-state index < -0.39 is 12.1 Å². The molecular formula is C9H10O4. The number of carbonyl (C=O) groups is 1. The Kier molecular flexibility index (Phi) is 2.87. The number of benzene rings is 1. The Morgan fingerprint density at radius 2 is 2.15 bits per heavy atom. The first kappa shape index (κ1) is 9.54. The molecule has 1 aromatic rings. The topological polar surface area (TPSA) is 77.8 Å². The minimum Gasteiger partial charge on any atom is -0.508 e. The van der Waals surface area contributed by atoms with Crippen LogP contribution in [0.3, 0.4) is 0 Å². The van der Waals surface area contributed by atoms with Crippen LogP contribution in [0.15, 0.2) is 24.3 Å². The van der Waals surface area contributed by atoms with E-state index in [0.29, 0.717) is 5.56 Å². The van der Waals surface area contributed by atoms with Crippen LogP contribution in [0.25, 0.3) is 0 Å². The molecule has 4 nitrogen and oxygen atoms in total. The molecule has 0 aliphatic carbocycles. The zero-order chi connectivity index (χ0) is 9.84. The predicted octanol–water partition coefficient (Wildman–Crippen LogP) is 0.380. The molecule has 0 spiro atoms. The van der Waals surface area contributed by atoms with Crippen molar-refractivity contribution in [3.05, 3.63) is 29.8 Å². The molecule has 0 radical (unpaired) electrons. The van der Waals surface area contributed by atoms with Crippen LogP contribution in [0, 0.1) is 0 Å². The normalized spacial score (nSPS) is 12.4. The molecule has 70 valence electrons. The van der Waals surface area contributed by atoms with Crippen molar-refractivity contribution in [2.45, 2.75) is 12.5 Å². The largest absolute Gasteiger partial charge is 0.508 e. The number of phenols is 1. The summed E-state index contributed by atoms with van der Waals surface area (Å²) in [6, 6.07) is 6.15. The highest BCUT2D eigenvalue weighted by atomic mass is 16.4. The van der Waals surface area contributed by atoms with Gasteiger partial charge in [0.1, 0.15) is 5.75 Å². The maximum absolute atomic E-state index is 10.3. The number of rotatable bonds is 3. The van der Waals surface area contributed by atoms with E-state index in [1.165, 1.54) is 12.1 Å². The molecule has 0 saturated heterocycles. The number of phenolic OH excluding ortho intramolecular Hbond substituents is 1. The summed E-state index contributed by atoms with van der Waals surface area (Å²) in [4.78, 5) is 10.3. The van der Waals surface area contributed by atoms with Crippen LogP contribution in [-0.4, -0.2) is 27.4 Å². The minimum absolute atomic E-state index is 0.00370. The van der Waals surface area contributed by atoms with Gasteiger partial charge < -0.3 is 15.3 Å². The fourth-order valence-electron chi connectivity index (χ4n) is 0.994. The number of hydrogen-bond donors (Lipinski definition) is 3. The highest BCUT2D eigenvalue weighted by Crippen LogP contribution is 2.12. The lowest BCUT2D eigenvalue weighted by Gasteiger charge is -2.05. The molecule has 0 aliphatic heterocycles. The van der Waals surface area contributed by atoms with E-state index in [1.54, 1.807) is 12.1 Å². The maximum Gasteiger partial charge on any atom is 0.332 e. The molecule has 0 bridgehead atoms. The molecular weight excluding hydrogens is 172 g/mol. The minimum atomic E-state index is -1.42. The Bertz CT molecular complexity index is 308. The Labute approximate surface area is 75.1 Å². The first-order valence-electron chi connectivity index (χ1n) is 3.78. The van der Waals surface area contributed by atoms with Gasteiger partial charge in [0, 0.05) is 6.42 Å². The van der Waals surface area contributed by atoms with Crippen molar-refractivity contribution in [2.24, 2.45) is 0 Å². The van der Waals surface area contributed by atoms with Crippen LogP contribution in [0.4, 0.5) is 0 Å². The third-order valence-corrected chi connectivity index (χ3v) is 1.62. The average molecular weight is 182 g/mol. The fourth-order valence-corrected chi connectivity index (χ4v) is 0.994. The summed E-state index contributed by atoms with van der Waals surface area (Å²) in [5.41, 5.74) is 0.593.